The molecule has 2 heterocycles. The molecule has 0 radical (unpaired) electrons. The third-order valence-corrected chi connectivity index (χ3v) is 4.69. The highest BCUT2D eigenvalue weighted by atomic mass is 127. The summed E-state index contributed by atoms with van der Waals surface area (Å²) in [5, 5.41) is 3.39. The number of guanidine groups is 1. The van der Waals surface area contributed by atoms with E-state index in [2.05, 4.69) is 15.2 Å². The molecule has 0 amide bonds. The van der Waals surface area contributed by atoms with E-state index in [0.29, 0.717) is 5.41 Å². The van der Waals surface area contributed by atoms with Crippen molar-refractivity contribution in [2.45, 2.75) is 44.9 Å². The number of nitrogens with one attached hydrogen (secondary N) is 1. The fourth-order valence-corrected chi connectivity index (χ4v) is 3.59. The first-order valence-corrected chi connectivity index (χ1v) is 6.91. The van der Waals surface area contributed by atoms with Crippen LogP contribution in [-0.4, -0.2) is 37.0 Å². The molecule has 0 aromatic heterocycles. The van der Waals surface area contributed by atoms with E-state index in [1.807, 2.05) is 0 Å². The summed E-state index contributed by atoms with van der Waals surface area (Å²) in [6.45, 7) is 4.46. The fraction of sp³-hybridized carbons (Fsp3) is 0.923. The van der Waals surface area contributed by atoms with E-state index in [1.54, 1.807) is 0 Å². The molecule has 0 unspecified atom stereocenters. The van der Waals surface area contributed by atoms with Crippen LogP contribution in [-0.2, 0) is 0 Å². The lowest BCUT2D eigenvalue weighted by Crippen LogP contribution is -2.47. The average molecular weight is 349 g/mol. The molecule has 0 bridgehead atoms. The molecular formula is C13H24IN3. The number of likely N-dealkylation sites (tertiary alicyclic amines) is 1. The zero-order valence-corrected chi connectivity index (χ0v) is 12.9. The second-order valence-corrected chi connectivity index (χ2v) is 5.68. The molecule has 2 aliphatic heterocycles. The molecular weight excluding hydrogens is 325 g/mol. The highest BCUT2D eigenvalue weighted by Gasteiger charge is 2.36. The smallest absolute Gasteiger partial charge is 0.194 e. The Balaban J connectivity index is 0.00000108. The molecule has 98 valence electrons. The minimum Gasteiger partial charge on any atom is -0.354 e. The summed E-state index contributed by atoms with van der Waals surface area (Å²) in [7, 11) is 0. The van der Waals surface area contributed by atoms with Gasteiger partial charge in [0.05, 0.1) is 6.54 Å². The van der Waals surface area contributed by atoms with Crippen LogP contribution in [0.25, 0.3) is 0 Å². The van der Waals surface area contributed by atoms with Crippen molar-refractivity contribution in [3.63, 3.8) is 0 Å². The molecule has 1 N–H and O–H groups in total. The lowest BCUT2D eigenvalue weighted by molar-refractivity contribution is 0.0967. The molecule has 3 aliphatic rings. The van der Waals surface area contributed by atoms with Crippen LogP contribution in [0.1, 0.15) is 44.9 Å². The van der Waals surface area contributed by atoms with Crippen molar-refractivity contribution in [1.82, 2.24) is 10.2 Å². The van der Waals surface area contributed by atoms with Gasteiger partial charge in [-0.15, -0.1) is 24.0 Å². The first-order valence-electron chi connectivity index (χ1n) is 6.91. The van der Waals surface area contributed by atoms with Gasteiger partial charge in [0.15, 0.2) is 5.96 Å². The third-order valence-electron chi connectivity index (χ3n) is 4.69. The number of hydrogen-bond donors (Lipinski definition) is 1. The highest BCUT2D eigenvalue weighted by Crippen LogP contribution is 2.44. The van der Waals surface area contributed by atoms with Gasteiger partial charge in [0.1, 0.15) is 0 Å². The van der Waals surface area contributed by atoms with Gasteiger partial charge >= 0.3 is 0 Å². The monoisotopic (exact) mass is 349 g/mol. The van der Waals surface area contributed by atoms with E-state index in [0.717, 1.165) is 13.1 Å². The van der Waals surface area contributed by atoms with Gasteiger partial charge in [-0.2, -0.15) is 0 Å². The van der Waals surface area contributed by atoms with Crippen LogP contribution in [0.5, 0.6) is 0 Å². The van der Waals surface area contributed by atoms with Crippen LogP contribution in [0.4, 0.5) is 0 Å². The summed E-state index contributed by atoms with van der Waals surface area (Å²) in [6, 6.07) is 0. The summed E-state index contributed by atoms with van der Waals surface area (Å²) >= 11 is 0. The van der Waals surface area contributed by atoms with Crippen LogP contribution >= 0.6 is 24.0 Å². The molecule has 2 fully saturated rings. The minimum atomic E-state index is 0. The van der Waals surface area contributed by atoms with Crippen molar-refractivity contribution in [2.24, 2.45) is 10.4 Å². The Hall–Kier alpha value is 0. The summed E-state index contributed by atoms with van der Waals surface area (Å²) in [4.78, 5) is 6.99. The molecule has 1 saturated carbocycles. The first-order chi connectivity index (χ1) is 7.88. The predicted octanol–water partition coefficient (Wildman–Crippen LogP) is 2.61. The first kappa shape index (κ1) is 13.4. The number of rotatable bonds is 0. The van der Waals surface area contributed by atoms with E-state index in [4.69, 9.17) is 0 Å². The van der Waals surface area contributed by atoms with Gasteiger partial charge in [-0.1, -0.05) is 19.3 Å². The van der Waals surface area contributed by atoms with E-state index in [1.165, 1.54) is 64.0 Å². The maximum absolute atomic E-state index is 4.52. The SMILES string of the molecule is C1CCC2(CC1)CCN(C1=NCCN1)CC2.I. The number of hydrogen-bond acceptors (Lipinski definition) is 3. The summed E-state index contributed by atoms with van der Waals surface area (Å²) < 4.78 is 0. The Bertz CT molecular complexity index is 274. The summed E-state index contributed by atoms with van der Waals surface area (Å²) in [6.07, 6.45) is 10.2. The van der Waals surface area contributed by atoms with Gasteiger partial charge in [0.2, 0.25) is 0 Å². The topological polar surface area (TPSA) is 27.6 Å². The molecule has 0 aromatic rings. The number of nitrogens with zero attached hydrogens (tertiary/aromatic N) is 2. The second-order valence-electron chi connectivity index (χ2n) is 5.68. The lowest BCUT2D eigenvalue weighted by Gasteiger charge is -2.44. The molecule has 0 atom stereocenters. The molecule has 1 saturated heterocycles. The molecule has 1 aliphatic carbocycles. The molecule has 1 spiro atoms. The maximum Gasteiger partial charge on any atom is 0.194 e. The zero-order valence-electron chi connectivity index (χ0n) is 10.6. The Morgan fingerprint density at radius 2 is 1.71 bits per heavy atom. The summed E-state index contributed by atoms with van der Waals surface area (Å²) in [5.74, 6) is 1.17. The Labute approximate surface area is 121 Å². The van der Waals surface area contributed by atoms with Crippen molar-refractivity contribution < 1.29 is 0 Å². The third kappa shape index (κ3) is 2.88. The molecule has 4 heteroatoms. The van der Waals surface area contributed by atoms with Gasteiger partial charge in [0.25, 0.3) is 0 Å². The number of aliphatic imine (C=N–C) groups is 1. The highest BCUT2D eigenvalue weighted by molar-refractivity contribution is 14.0. The minimum absolute atomic E-state index is 0. The van der Waals surface area contributed by atoms with Gasteiger partial charge in [-0.25, -0.2) is 0 Å². The number of piperidine rings is 1. The van der Waals surface area contributed by atoms with E-state index < -0.39 is 0 Å². The van der Waals surface area contributed by atoms with Gasteiger partial charge in [-0.05, 0) is 31.1 Å². The van der Waals surface area contributed by atoms with Crippen molar-refractivity contribution in [3.05, 3.63) is 0 Å². The number of halogens is 1. The van der Waals surface area contributed by atoms with Crippen molar-refractivity contribution in [1.29, 1.82) is 0 Å². The van der Waals surface area contributed by atoms with Crippen LogP contribution in [0.15, 0.2) is 4.99 Å². The van der Waals surface area contributed by atoms with Gasteiger partial charge in [-0.3, -0.25) is 4.99 Å². The normalized spacial score (nSPS) is 27.3. The molecule has 0 aromatic carbocycles. The van der Waals surface area contributed by atoms with Crippen LogP contribution < -0.4 is 5.32 Å². The van der Waals surface area contributed by atoms with Crippen LogP contribution in [0, 0.1) is 5.41 Å². The fourth-order valence-electron chi connectivity index (χ4n) is 3.59. The quantitative estimate of drug-likeness (QED) is 0.681. The van der Waals surface area contributed by atoms with Crippen molar-refractivity contribution in [3.8, 4) is 0 Å². The standard InChI is InChI=1S/C13H23N3.HI/c1-2-4-13(5-3-1)6-10-16(11-7-13)12-14-8-9-15-12;/h1-11H2,(H,14,15);1H. The molecule has 17 heavy (non-hydrogen) atoms. The Morgan fingerprint density at radius 3 is 2.29 bits per heavy atom. The van der Waals surface area contributed by atoms with E-state index in [9.17, 15) is 0 Å². The van der Waals surface area contributed by atoms with Gasteiger partial charge in [0, 0.05) is 19.6 Å². The zero-order chi connectivity index (χ0) is 10.8. The largest absolute Gasteiger partial charge is 0.354 e. The van der Waals surface area contributed by atoms with Gasteiger partial charge < -0.3 is 10.2 Å². The van der Waals surface area contributed by atoms with Crippen LogP contribution in [0.2, 0.25) is 0 Å². The van der Waals surface area contributed by atoms with Crippen LogP contribution in [0.3, 0.4) is 0 Å². The average Bonchev–Trinajstić information content (AvgIpc) is 2.85. The van der Waals surface area contributed by atoms with Crippen molar-refractivity contribution in [2.75, 3.05) is 26.2 Å². The molecule has 3 nitrogen and oxygen atoms in total. The maximum atomic E-state index is 4.52. The second kappa shape index (κ2) is 5.76. The Morgan fingerprint density at radius 1 is 1.00 bits per heavy atom. The predicted molar refractivity (Wildman–Crippen MR) is 82.0 cm³/mol. The summed E-state index contributed by atoms with van der Waals surface area (Å²) in [5.41, 5.74) is 0.716. The van der Waals surface area contributed by atoms with E-state index >= 15 is 0 Å². The van der Waals surface area contributed by atoms with E-state index in [-0.39, 0.29) is 24.0 Å². The Kier molecular flexibility index (Phi) is 4.55. The van der Waals surface area contributed by atoms with Crippen molar-refractivity contribution >= 4 is 29.9 Å². The lowest BCUT2D eigenvalue weighted by atomic mass is 9.68. The molecule has 3 rings (SSSR count).